The lowest BCUT2D eigenvalue weighted by Crippen LogP contribution is -2.37. The number of nitrogens with zero attached hydrogens (tertiary/aromatic N) is 5. The van der Waals surface area contributed by atoms with Crippen LogP contribution in [-0.4, -0.2) is 49.9 Å². The van der Waals surface area contributed by atoms with Crippen LogP contribution >= 0.6 is 0 Å². The van der Waals surface area contributed by atoms with E-state index < -0.39 is 0 Å². The first kappa shape index (κ1) is 15.3. The van der Waals surface area contributed by atoms with Gasteiger partial charge in [-0.1, -0.05) is 0 Å². The Morgan fingerprint density at radius 1 is 1.17 bits per heavy atom. The minimum atomic E-state index is 0.311. The Hall–Kier alpha value is -2.21. The van der Waals surface area contributed by atoms with E-state index in [-0.39, 0.29) is 0 Å². The fraction of sp³-hybridized carbons (Fsp3) is 0.500. The average molecular weight is 325 g/mol. The standard InChI is InChI=1S/C18H23N5O/c24-18-2-1-8-23(18)13-16-11-21(10-15-3-5-19-6-4-15)14-17-20-7-9-22(17)12-16/h3-7,9,16H,1-2,8,10-14H2/t16-/m1/s1. The number of hydrogen-bond donors (Lipinski definition) is 0. The fourth-order valence-electron chi connectivity index (χ4n) is 3.81. The van der Waals surface area contributed by atoms with Crippen molar-refractivity contribution in [3.63, 3.8) is 0 Å². The van der Waals surface area contributed by atoms with Crippen LogP contribution in [-0.2, 0) is 24.4 Å². The molecule has 2 aromatic heterocycles. The van der Waals surface area contributed by atoms with Gasteiger partial charge in [0.15, 0.2) is 0 Å². The minimum absolute atomic E-state index is 0.311. The monoisotopic (exact) mass is 325 g/mol. The van der Waals surface area contributed by atoms with Crippen molar-refractivity contribution < 1.29 is 4.79 Å². The Bertz CT molecular complexity index is 698. The maximum Gasteiger partial charge on any atom is 0.222 e. The molecule has 6 nitrogen and oxygen atoms in total. The molecular formula is C18H23N5O. The molecule has 0 aromatic carbocycles. The molecule has 126 valence electrons. The first-order valence-electron chi connectivity index (χ1n) is 8.67. The normalized spacial score (nSPS) is 21.8. The number of hydrogen-bond acceptors (Lipinski definition) is 4. The highest BCUT2D eigenvalue weighted by atomic mass is 16.2. The molecule has 4 heterocycles. The van der Waals surface area contributed by atoms with E-state index in [1.165, 1.54) is 5.56 Å². The van der Waals surface area contributed by atoms with Gasteiger partial charge in [0.1, 0.15) is 5.82 Å². The highest BCUT2D eigenvalue weighted by Crippen LogP contribution is 2.20. The van der Waals surface area contributed by atoms with Crippen LogP contribution in [0.25, 0.3) is 0 Å². The molecule has 0 spiro atoms. The number of amides is 1. The number of rotatable bonds is 4. The van der Waals surface area contributed by atoms with Crippen molar-refractivity contribution in [3.8, 4) is 0 Å². The smallest absolute Gasteiger partial charge is 0.222 e. The van der Waals surface area contributed by atoms with Crippen molar-refractivity contribution >= 4 is 5.91 Å². The predicted octanol–water partition coefficient (Wildman–Crippen LogP) is 1.53. The number of imidazole rings is 1. The molecule has 6 heteroatoms. The van der Waals surface area contributed by atoms with Crippen molar-refractivity contribution in [2.75, 3.05) is 19.6 Å². The second kappa shape index (κ2) is 6.73. The van der Waals surface area contributed by atoms with E-state index >= 15 is 0 Å². The summed E-state index contributed by atoms with van der Waals surface area (Å²) in [6.07, 6.45) is 9.34. The summed E-state index contributed by atoms with van der Waals surface area (Å²) in [4.78, 5) is 25.1. The van der Waals surface area contributed by atoms with Crippen LogP contribution in [0, 0.1) is 5.92 Å². The first-order chi connectivity index (χ1) is 11.8. The highest BCUT2D eigenvalue weighted by molar-refractivity contribution is 5.78. The van der Waals surface area contributed by atoms with Crippen molar-refractivity contribution in [1.82, 2.24) is 24.3 Å². The Balaban J connectivity index is 1.51. The van der Waals surface area contributed by atoms with E-state index in [2.05, 4.69) is 37.8 Å². The zero-order valence-electron chi connectivity index (χ0n) is 13.8. The molecule has 2 aromatic rings. The van der Waals surface area contributed by atoms with Gasteiger partial charge >= 0.3 is 0 Å². The van der Waals surface area contributed by atoms with Crippen LogP contribution in [0.3, 0.4) is 0 Å². The lowest BCUT2D eigenvalue weighted by Gasteiger charge is -2.27. The molecule has 0 aliphatic carbocycles. The number of carbonyl (C=O) groups is 1. The summed E-state index contributed by atoms with van der Waals surface area (Å²) in [6.45, 7) is 5.42. The molecule has 1 amide bonds. The third-order valence-corrected chi connectivity index (χ3v) is 4.94. The molecular weight excluding hydrogens is 302 g/mol. The van der Waals surface area contributed by atoms with E-state index in [4.69, 9.17) is 0 Å². The highest BCUT2D eigenvalue weighted by Gasteiger charge is 2.27. The van der Waals surface area contributed by atoms with Crippen LogP contribution in [0.15, 0.2) is 36.9 Å². The zero-order chi connectivity index (χ0) is 16.4. The molecule has 1 saturated heterocycles. The van der Waals surface area contributed by atoms with E-state index in [1.807, 2.05) is 23.5 Å². The van der Waals surface area contributed by atoms with Crippen LogP contribution in [0.5, 0.6) is 0 Å². The molecule has 1 atom stereocenters. The summed E-state index contributed by atoms with van der Waals surface area (Å²) < 4.78 is 2.25. The van der Waals surface area contributed by atoms with Gasteiger partial charge in [0.25, 0.3) is 0 Å². The maximum absolute atomic E-state index is 12.0. The summed E-state index contributed by atoms with van der Waals surface area (Å²) in [7, 11) is 0. The van der Waals surface area contributed by atoms with Gasteiger partial charge in [-0.25, -0.2) is 4.98 Å². The molecule has 0 unspecified atom stereocenters. The lowest BCUT2D eigenvalue weighted by atomic mass is 10.1. The van der Waals surface area contributed by atoms with E-state index in [0.29, 0.717) is 18.2 Å². The number of fused-ring (bicyclic) bond motifs is 1. The number of aromatic nitrogens is 3. The van der Waals surface area contributed by atoms with Crippen molar-refractivity contribution in [3.05, 3.63) is 48.3 Å². The van der Waals surface area contributed by atoms with Crippen LogP contribution < -0.4 is 0 Å². The van der Waals surface area contributed by atoms with Gasteiger partial charge in [0, 0.05) is 69.8 Å². The Kier molecular flexibility index (Phi) is 4.30. The summed E-state index contributed by atoms with van der Waals surface area (Å²) in [6, 6.07) is 4.13. The summed E-state index contributed by atoms with van der Waals surface area (Å²) in [5.41, 5.74) is 1.26. The molecule has 1 fully saturated rings. The Morgan fingerprint density at radius 2 is 2.04 bits per heavy atom. The van der Waals surface area contributed by atoms with Gasteiger partial charge in [0.2, 0.25) is 5.91 Å². The topological polar surface area (TPSA) is 54.3 Å². The molecule has 0 bridgehead atoms. The summed E-state index contributed by atoms with van der Waals surface area (Å²) >= 11 is 0. The fourth-order valence-corrected chi connectivity index (χ4v) is 3.81. The third kappa shape index (κ3) is 3.33. The molecule has 4 rings (SSSR count). The van der Waals surface area contributed by atoms with E-state index in [9.17, 15) is 4.79 Å². The Morgan fingerprint density at radius 3 is 2.83 bits per heavy atom. The second-order valence-corrected chi connectivity index (χ2v) is 6.83. The van der Waals surface area contributed by atoms with Gasteiger partial charge in [-0.15, -0.1) is 0 Å². The maximum atomic E-state index is 12.0. The molecule has 0 saturated carbocycles. The second-order valence-electron chi connectivity index (χ2n) is 6.83. The van der Waals surface area contributed by atoms with Crippen molar-refractivity contribution in [2.45, 2.75) is 32.5 Å². The number of pyridine rings is 1. The van der Waals surface area contributed by atoms with Gasteiger partial charge in [0.05, 0.1) is 6.54 Å². The third-order valence-electron chi connectivity index (χ3n) is 4.94. The Labute approximate surface area is 142 Å². The van der Waals surface area contributed by atoms with Crippen LogP contribution in [0.1, 0.15) is 24.2 Å². The predicted molar refractivity (Wildman–Crippen MR) is 89.9 cm³/mol. The number of likely N-dealkylation sites (tertiary alicyclic amines) is 1. The van der Waals surface area contributed by atoms with Gasteiger partial charge in [-0.05, 0) is 24.1 Å². The summed E-state index contributed by atoms with van der Waals surface area (Å²) in [5, 5.41) is 0. The quantitative estimate of drug-likeness (QED) is 0.855. The SMILES string of the molecule is O=C1CCCN1C[C@@H]1CN(Cc2ccncc2)Cc2nccn2C1. The van der Waals surface area contributed by atoms with E-state index in [0.717, 1.165) is 51.5 Å². The van der Waals surface area contributed by atoms with E-state index in [1.54, 1.807) is 0 Å². The molecule has 24 heavy (non-hydrogen) atoms. The molecule has 2 aliphatic rings. The summed E-state index contributed by atoms with van der Waals surface area (Å²) in [5.74, 6) is 1.86. The van der Waals surface area contributed by atoms with Crippen LogP contribution in [0.4, 0.5) is 0 Å². The lowest BCUT2D eigenvalue weighted by molar-refractivity contribution is -0.128. The van der Waals surface area contributed by atoms with Crippen molar-refractivity contribution in [1.29, 1.82) is 0 Å². The zero-order valence-corrected chi connectivity index (χ0v) is 13.8. The first-order valence-corrected chi connectivity index (χ1v) is 8.67. The minimum Gasteiger partial charge on any atom is -0.342 e. The van der Waals surface area contributed by atoms with Crippen LogP contribution in [0.2, 0.25) is 0 Å². The molecule has 0 radical (unpaired) electrons. The molecule has 0 N–H and O–H groups in total. The largest absolute Gasteiger partial charge is 0.342 e. The molecule has 2 aliphatic heterocycles. The van der Waals surface area contributed by atoms with Gasteiger partial charge < -0.3 is 9.47 Å². The number of carbonyl (C=O) groups excluding carboxylic acids is 1. The van der Waals surface area contributed by atoms with Gasteiger partial charge in [-0.3, -0.25) is 14.7 Å². The van der Waals surface area contributed by atoms with Gasteiger partial charge in [-0.2, -0.15) is 0 Å². The average Bonchev–Trinajstić information content (AvgIpc) is 3.14. The van der Waals surface area contributed by atoms with Crippen molar-refractivity contribution in [2.24, 2.45) is 5.92 Å².